The lowest BCUT2D eigenvalue weighted by atomic mass is 9.86. The van der Waals surface area contributed by atoms with Gasteiger partial charge in [0.15, 0.2) is 0 Å². The predicted molar refractivity (Wildman–Crippen MR) is 103 cm³/mol. The minimum atomic E-state index is -0.733. The van der Waals surface area contributed by atoms with Gasteiger partial charge < -0.3 is 10.1 Å². The van der Waals surface area contributed by atoms with Crippen molar-refractivity contribution in [2.45, 2.75) is 45.4 Å². The van der Waals surface area contributed by atoms with Crippen molar-refractivity contribution in [1.82, 2.24) is 4.98 Å². The van der Waals surface area contributed by atoms with E-state index in [1.54, 1.807) is 0 Å². The number of aromatic nitrogens is 1. The predicted octanol–water partition coefficient (Wildman–Crippen LogP) is 5.54. The maximum Gasteiger partial charge on any atom is 0.303 e. The van der Waals surface area contributed by atoms with Gasteiger partial charge in [-0.15, -0.1) is 0 Å². The second-order valence-corrected chi connectivity index (χ2v) is 7.68. The Labute approximate surface area is 148 Å². The van der Waals surface area contributed by atoms with Gasteiger partial charge in [-0.05, 0) is 59.2 Å². The molecule has 0 unspecified atom stereocenters. The Balaban J connectivity index is 1.87. The molecule has 0 saturated heterocycles. The van der Waals surface area contributed by atoms with Crippen molar-refractivity contribution in [3.05, 3.63) is 59.7 Å². The summed E-state index contributed by atoms with van der Waals surface area (Å²) >= 11 is 0. The van der Waals surface area contributed by atoms with E-state index in [9.17, 15) is 4.79 Å². The zero-order valence-corrected chi connectivity index (χ0v) is 15.1. The molecule has 3 nitrogen and oxygen atoms in total. The fourth-order valence-electron chi connectivity index (χ4n) is 3.09. The lowest BCUT2D eigenvalue weighted by Crippen LogP contribution is -2.10. The van der Waals surface area contributed by atoms with Crippen LogP contribution in [0, 0.1) is 0 Å². The number of H-pyrrole nitrogens is 1. The van der Waals surface area contributed by atoms with Crippen LogP contribution in [-0.4, -0.2) is 16.1 Å². The Hall–Kier alpha value is -2.55. The van der Waals surface area contributed by atoms with Crippen LogP contribution in [0.25, 0.3) is 22.2 Å². The first-order valence-corrected chi connectivity index (χ1v) is 8.77. The first-order valence-electron chi connectivity index (χ1n) is 8.77. The van der Waals surface area contributed by atoms with Crippen LogP contribution in [0.15, 0.2) is 48.5 Å². The Morgan fingerprint density at radius 1 is 1.08 bits per heavy atom. The van der Waals surface area contributed by atoms with Gasteiger partial charge in [0.2, 0.25) is 0 Å². The highest BCUT2D eigenvalue weighted by Gasteiger charge is 2.14. The normalized spacial score (nSPS) is 11.8. The molecule has 3 rings (SSSR count). The van der Waals surface area contributed by atoms with Gasteiger partial charge >= 0.3 is 5.97 Å². The highest BCUT2D eigenvalue weighted by molar-refractivity contribution is 5.86. The first kappa shape index (κ1) is 17.3. The molecule has 25 heavy (non-hydrogen) atoms. The molecule has 3 aromatic rings. The van der Waals surface area contributed by atoms with Crippen LogP contribution in [0.4, 0.5) is 0 Å². The summed E-state index contributed by atoms with van der Waals surface area (Å²) in [5.74, 6) is -0.733. The summed E-state index contributed by atoms with van der Waals surface area (Å²) < 4.78 is 0. The lowest BCUT2D eigenvalue weighted by molar-refractivity contribution is -0.137. The molecule has 2 N–H and O–H groups in total. The molecule has 3 heteroatoms. The van der Waals surface area contributed by atoms with Crippen molar-refractivity contribution in [2.24, 2.45) is 0 Å². The number of aryl methyl sites for hydroxylation is 1. The van der Waals surface area contributed by atoms with E-state index < -0.39 is 5.97 Å². The molecule has 0 saturated carbocycles. The molecule has 0 fully saturated rings. The highest BCUT2D eigenvalue weighted by atomic mass is 16.4. The standard InChI is InChI=1S/C22H25NO2/c1-22(2,3)18-8-5-7-16(13-18)20-14-17-12-15(6-4-9-21(24)25)10-11-19(17)23-20/h5,7-8,10-14,23H,4,6,9H2,1-3H3,(H,24,25). The third kappa shape index (κ3) is 4.11. The molecule has 0 aliphatic rings. The lowest BCUT2D eigenvalue weighted by Gasteiger charge is -2.19. The molecular formula is C22H25NO2. The van der Waals surface area contributed by atoms with Gasteiger partial charge in [0.1, 0.15) is 0 Å². The van der Waals surface area contributed by atoms with E-state index in [0.717, 1.165) is 17.6 Å². The summed E-state index contributed by atoms with van der Waals surface area (Å²) in [5.41, 5.74) is 6.04. The number of hydrogen-bond donors (Lipinski definition) is 2. The highest BCUT2D eigenvalue weighted by Crippen LogP contribution is 2.29. The number of fused-ring (bicyclic) bond motifs is 1. The molecule has 0 amide bonds. The van der Waals surface area contributed by atoms with Gasteiger partial charge in [-0.1, -0.05) is 45.0 Å². The Morgan fingerprint density at radius 3 is 2.60 bits per heavy atom. The first-order chi connectivity index (χ1) is 11.8. The number of hydrogen-bond acceptors (Lipinski definition) is 1. The zero-order valence-electron chi connectivity index (χ0n) is 15.1. The second-order valence-electron chi connectivity index (χ2n) is 7.68. The maximum absolute atomic E-state index is 10.7. The average Bonchev–Trinajstić information content (AvgIpc) is 2.97. The van der Waals surface area contributed by atoms with Crippen LogP contribution in [0.2, 0.25) is 0 Å². The Kier molecular flexibility index (Phi) is 4.67. The molecule has 0 spiro atoms. The van der Waals surface area contributed by atoms with Crippen LogP contribution in [0.5, 0.6) is 0 Å². The van der Waals surface area contributed by atoms with Gasteiger partial charge in [0.25, 0.3) is 0 Å². The van der Waals surface area contributed by atoms with Crippen LogP contribution in [0.3, 0.4) is 0 Å². The molecular weight excluding hydrogens is 310 g/mol. The number of nitrogens with one attached hydrogen (secondary N) is 1. The summed E-state index contributed by atoms with van der Waals surface area (Å²) in [7, 11) is 0. The minimum Gasteiger partial charge on any atom is -0.481 e. The fourth-order valence-corrected chi connectivity index (χ4v) is 3.09. The van der Waals surface area contributed by atoms with Crippen LogP contribution in [0.1, 0.15) is 44.7 Å². The van der Waals surface area contributed by atoms with Crippen molar-refractivity contribution < 1.29 is 9.90 Å². The smallest absolute Gasteiger partial charge is 0.303 e. The van der Waals surface area contributed by atoms with Gasteiger partial charge in [-0.3, -0.25) is 4.79 Å². The Bertz CT molecular complexity index is 900. The van der Waals surface area contributed by atoms with Gasteiger partial charge in [-0.2, -0.15) is 0 Å². The number of carbonyl (C=O) groups is 1. The molecule has 130 valence electrons. The third-order valence-electron chi connectivity index (χ3n) is 4.58. The van der Waals surface area contributed by atoms with Crippen LogP contribution >= 0.6 is 0 Å². The molecule has 0 bridgehead atoms. The van der Waals surface area contributed by atoms with E-state index in [0.29, 0.717) is 6.42 Å². The van der Waals surface area contributed by atoms with E-state index in [2.05, 4.69) is 74.3 Å². The van der Waals surface area contributed by atoms with Crippen molar-refractivity contribution in [1.29, 1.82) is 0 Å². The van der Waals surface area contributed by atoms with E-state index in [-0.39, 0.29) is 11.8 Å². The van der Waals surface area contributed by atoms with E-state index in [4.69, 9.17) is 5.11 Å². The summed E-state index contributed by atoms with van der Waals surface area (Å²) in [6.45, 7) is 6.67. The molecule has 2 aromatic carbocycles. The third-order valence-corrected chi connectivity index (χ3v) is 4.58. The SMILES string of the molecule is CC(C)(C)c1cccc(-c2cc3cc(CCCC(=O)O)ccc3[nH]2)c1. The van der Waals surface area contributed by atoms with E-state index >= 15 is 0 Å². The number of aromatic amines is 1. The van der Waals surface area contributed by atoms with Crippen molar-refractivity contribution in [2.75, 3.05) is 0 Å². The number of rotatable bonds is 5. The van der Waals surface area contributed by atoms with Gasteiger partial charge in [0.05, 0.1) is 0 Å². The molecule has 0 aliphatic carbocycles. The summed E-state index contributed by atoms with van der Waals surface area (Å²) in [4.78, 5) is 14.2. The number of carboxylic acids is 1. The molecule has 0 radical (unpaired) electrons. The van der Waals surface area contributed by atoms with Crippen molar-refractivity contribution in [3.63, 3.8) is 0 Å². The summed E-state index contributed by atoms with van der Waals surface area (Å²) in [6.07, 6.45) is 1.68. The van der Waals surface area contributed by atoms with Crippen LogP contribution < -0.4 is 0 Å². The molecule has 0 atom stereocenters. The second kappa shape index (κ2) is 6.75. The van der Waals surface area contributed by atoms with E-state index in [1.807, 2.05) is 0 Å². The molecule has 1 aromatic heterocycles. The quantitative estimate of drug-likeness (QED) is 0.643. The van der Waals surface area contributed by atoms with E-state index in [1.165, 1.54) is 22.1 Å². The zero-order chi connectivity index (χ0) is 18.0. The van der Waals surface area contributed by atoms with Crippen molar-refractivity contribution >= 4 is 16.9 Å². The van der Waals surface area contributed by atoms with Gasteiger partial charge in [-0.25, -0.2) is 0 Å². The number of benzene rings is 2. The Morgan fingerprint density at radius 2 is 1.88 bits per heavy atom. The van der Waals surface area contributed by atoms with Crippen LogP contribution in [-0.2, 0) is 16.6 Å². The molecule has 0 aliphatic heterocycles. The topological polar surface area (TPSA) is 53.1 Å². The fraction of sp³-hybridized carbons (Fsp3) is 0.318. The monoisotopic (exact) mass is 335 g/mol. The largest absolute Gasteiger partial charge is 0.481 e. The molecule has 1 heterocycles. The summed E-state index contributed by atoms with van der Waals surface area (Å²) in [5, 5.41) is 9.94. The maximum atomic E-state index is 10.7. The number of carboxylic acid groups (broad SMARTS) is 1. The minimum absolute atomic E-state index is 0.124. The van der Waals surface area contributed by atoms with Crippen molar-refractivity contribution in [3.8, 4) is 11.3 Å². The summed E-state index contributed by atoms with van der Waals surface area (Å²) in [6, 6.07) is 17.2. The average molecular weight is 335 g/mol. The van der Waals surface area contributed by atoms with Gasteiger partial charge in [0, 0.05) is 23.0 Å². The number of aliphatic carboxylic acids is 1.